The fourth-order valence-corrected chi connectivity index (χ4v) is 1.83. The van der Waals surface area contributed by atoms with Gasteiger partial charge in [-0.05, 0) is 60.5 Å². The molecule has 114 valence electrons. The highest BCUT2D eigenvalue weighted by Gasteiger charge is 2.02. The first kappa shape index (κ1) is 15.8. The molecule has 0 aliphatic carbocycles. The number of nitrogens with zero attached hydrogens (tertiary/aromatic N) is 1. The number of benzene rings is 2. The van der Waals surface area contributed by atoms with Crippen LogP contribution in [0.4, 0.5) is 5.69 Å². The Kier molecular flexibility index (Phi) is 5.72. The van der Waals surface area contributed by atoms with E-state index in [2.05, 4.69) is 4.99 Å². The summed E-state index contributed by atoms with van der Waals surface area (Å²) >= 11 is 0. The smallest absolute Gasteiger partial charge is 0.311 e. The van der Waals surface area contributed by atoms with E-state index in [4.69, 9.17) is 9.47 Å². The third kappa shape index (κ3) is 4.74. The van der Waals surface area contributed by atoms with Crippen LogP contribution in [0.5, 0.6) is 11.5 Å². The Morgan fingerprint density at radius 2 is 1.68 bits per heavy atom. The molecule has 22 heavy (non-hydrogen) atoms. The number of aliphatic imine (C=N–C) groups is 1. The van der Waals surface area contributed by atoms with E-state index in [0.29, 0.717) is 12.2 Å². The molecule has 2 aromatic rings. The maximum absolute atomic E-state index is 11.4. The van der Waals surface area contributed by atoms with Crippen molar-refractivity contribution in [1.29, 1.82) is 0 Å². The van der Waals surface area contributed by atoms with Crippen LogP contribution in [-0.4, -0.2) is 19.3 Å². The average Bonchev–Trinajstić information content (AvgIpc) is 2.55. The van der Waals surface area contributed by atoms with Crippen LogP contribution in [-0.2, 0) is 4.79 Å². The monoisotopic (exact) mass is 297 g/mol. The van der Waals surface area contributed by atoms with Gasteiger partial charge in [-0.2, -0.15) is 0 Å². The summed E-state index contributed by atoms with van der Waals surface area (Å²) in [6, 6.07) is 14.8. The zero-order valence-corrected chi connectivity index (χ0v) is 12.8. The molecule has 0 fully saturated rings. The number of carbonyl (C=O) groups is 1. The van der Waals surface area contributed by atoms with Crippen LogP contribution in [0.2, 0.25) is 0 Å². The van der Waals surface area contributed by atoms with Crippen molar-refractivity contribution in [1.82, 2.24) is 0 Å². The van der Waals surface area contributed by atoms with Gasteiger partial charge in [-0.15, -0.1) is 0 Å². The van der Waals surface area contributed by atoms with Gasteiger partial charge in [0.15, 0.2) is 0 Å². The summed E-state index contributed by atoms with van der Waals surface area (Å²) in [5, 5.41) is 0. The highest BCUT2D eigenvalue weighted by atomic mass is 16.5. The minimum Gasteiger partial charge on any atom is -0.497 e. The molecular weight excluding hydrogens is 278 g/mol. The molecule has 0 N–H and O–H groups in total. The first-order chi connectivity index (χ1) is 10.7. The van der Waals surface area contributed by atoms with Gasteiger partial charge in [0.25, 0.3) is 0 Å². The number of hydrogen-bond acceptors (Lipinski definition) is 4. The molecule has 0 unspecified atom stereocenters. The second kappa shape index (κ2) is 7.98. The first-order valence-corrected chi connectivity index (χ1v) is 7.20. The summed E-state index contributed by atoms with van der Waals surface area (Å²) in [7, 11) is 1.64. The number of hydrogen-bond donors (Lipinski definition) is 0. The van der Waals surface area contributed by atoms with Gasteiger partial charge >= 0.3 is 5.97 Å². The standard InChI is InChI=1S/C18H19NO3/c1-3-4-18(20)22-17-11-7-15(8-12-17)19-13-14-5-9-16(21-2)10-6-14/h5-13H,3-4H2,1-2H3. The van der Waals surface area contributed by atoms with Crippen LogP contribution >= 0.6 is 0 Å². The van der Waals surface area contributed by atoms with Gasteiger partial charge in [-0.1, -0.05) is 6.92 Å². The Morgan fingerprint density at radius 1 is 1.05 bits per heavy atom. The van der Waals surface area contributed by atoms with E-state index in [-0.39, 0.29) is 5.97 Å². The lowest BCUT2D eigenvalue weighted by atomic mass is 10.2. The lowest BCUT2D eigenvalue weighted by Gasteiger charge is -2.03. The molecule has 4 nitrogen and oxygen atoms in total. The summed E-state index contributed by atoms with van der Waals surface area (Å²) in [5.41, 5.74) is 1.78. The van der Waals surface area contributed by atoms with Crippen LogP contribution in [0.15, 0.2) is 53.5 Å². The topological polar surface area (TPSA) is 47.9 Å². The zero-order chi connectivity index (χ0) is 15.8. The van der Waals surface area contributed by atoms with Crippen LogP contribution in [0, 0.1) is 0 Å². The van der Waals surface area contributed by atoms with Gasteiger partial charge < -0.3 is 9.47 Å². The number of carbonyl (C=O) groups excluding carboxylic acids is 1. The molecule has 0 bridgehead atoms. The van der Waals surface area contributed by atoms with Crippen LogP contribution < -0.4 is 9.47 Å². The van der Waals surface area contributed by atoms with Crippen molar-refractivity contribution in [3.05, 3.63) is 54.1 Å². The summed E-state index contributed by atoms with van der Waals surface area (Å²) in [4.78, 5) is 15.8. The fourth-order valence-electron chi connectivity index (χ4n) is 1.83. The molecule has 0 aromatic heterocycles. The van der Waals surface area contributed by atoms with E-state index in [1.165, 1.54) is 0 Å². The predicted molar refractivity (Wildman–Crippen MR) is 87.2 cm³/mol. The lowest BCUT2D eigenvalue weighted by Crippen LogP contribution is -2.06. The minimum atomic E-state index is -0.211. The maximum atomic E-state index is 11.4. The fraction of sp³-hybridized carbons (Fsp3) is 0.222. The van der Waals surface area contributed by atoms with Gasteiger partial charge in [-0.25, -0.2) is 0 Å². The van der Waals surface area contributed by atoms with Gasteiger partial charge in [0.1, 0.15) is 11.5 Å². The molecular formula is C18H19NO3. The van der Waals surface area contributed by atoms with Crippen LogP contribution in [0.25, 0.3) is 0 Å². The minimum absolute atomic E-state index is 0.211. The van der Waals surface area contributed by atoms with E-state index in [0.717, 1.165) is 23.4 Å². The highest BCUT2D eigenvalue weighted by molar-refractivity contribution is 5.82. The van der Waals surface area contributed by atoms with Gasteiger partial charge in [0.05, 0.1) is 12.8 Å². The molecule has 0 radical (unpaired) electrons. The third-order valence-electron chi connectivity index (χ3n) is 3.00. The van der Waals surface area contributed by atoms with E-state index in [1.54, 1.807) is 25.5 Å². The molecule has 2 aromatic carbocycles. The highest BCUT2D eigenvalue weighted by Crippen LogP contribution is 2.19. The summed E-state index contributed by atoms with van der Waals surface area (Å²) in [6.45, 7) is 1.94. The molecule has 0 aliphatic rings. The van der Waals surface area contributed by atoms with Gasteiger partial charge in [0, 0.05) is 12.6 Å². The molecule has 0 aliphatic heterocycles. The number of rotatable bonds is 6. The third-order valence-corrected chi connectivity index (χ3v) is 3.00. The molecule has 0 atom stereocenters. The van der Waals surface area contributed by atoms with Gasteiger partial charge in [0.2, 0.25) is 0 Å². The van der Waals surface area contributed by atoms with Crippen molar-refractivity contribution in [2.24, 2.45) is 4.99 Å². The van der Waals surface area contributed by atoms with Crippen molar-refractivity contribution >= 4 is 17.9 Å². The molecule has 0 amide bonds. The number of ether oxygens (including phenoxy) is 2. The Hall–Kier alpha value is -2.62. The van der Waals surface area contributed by atoms with Crippen molar-refractivity contribution < 1.29 is 14.3 Å². The van der Waals surface area contributed by atoms with E-state index in [9.17, 15) is 4.79 Å². The largest absolute Gasteiger partial charge is 0.497 e. The van der Waals surface area contributed by atoms with Crippen molar-refractivity contribution in [3.63, 3.8) is 0 Å². The summed E-state index contributed by atoms with van der Waals surface area (Å²) in [6.07, 6.45) is 2.98. The summed E-state index contributed by atoms with van der Waals surface area (Å²) in [5.74, 6) is 1.15. The maximum Gasteiger partial charge on any atom is 0.311 e. The molecule has 4 heteroatoms. The second-order valence-electron chi connectivity index (χ2n) is 4.75. The number of methoxy groups -OCH3 is 1. The molecule has 0 saturated carbocycles. The van der Waals surface area contributed by atoms with E-state index < -0.39 is 0 Å². The van der Waals surface area contributed by atoms with Crippen molar-refractivity contribution in [2.75, 3.05) is 7.11 Å². The average molecular weight is 297 g/mol. The van der Waals surface area contributed by atoms with E-state index in [1.807, 2.05) is 43.3 Å². The molecule has 0 spiro atoms. The van der Waals surface area contributed by atoms with Crippen molar-refractivity contribution in [3.8, 4) is 11.5 Å². The zero-order valence-electron chi connectivity index (χ0n) is 12.8. The Bertz CT molecular complexity index is 630. The van der Waals surface area contributed by atoms with Crippen LogP contribution in [0.1, 0.15) is 25.3 Å². The molecule has 2 rings (SSSR count). The lowest BCUT2D eigenvalue weighted by molar-refractivity contribution is -0.134. The van der Waals surface area contributed by atoms with Gasteiger partial charge in [-0.3, -0.25) is 9.79 Å². The van der Waals surface area contributed by atoms with Crippen LogP contribution in [0.3, 0.4) is 0 Å². The quantitative estimate of drug-likeness (QED) is 0.457. The summed E-state index contributed by atoms with van der Waals surface area (Å²) < 4.78 is 10.3. The van der Waals surface area contributed by atoms with E-state index >= 15 is 0 Å². The first-order valence-electron chi connectivity index (χ1n) is 7.20. The Labute approximate surface area is 130 Å². The predicted octanol–water partition coefficient (Wildman–Crippen LogP) is 4.15. The molecule has 0 saturated heterocycles. The number of esters is 1. The normalized spacial score (nSPS) is 10.6. The van der Waals surface area contributed by atoms with Crippen molar-refractivity contribution in [2.45, 2.75) is 19.8 Å². The Morgan fingerprint density at radius 3 is 2.27 bits per heavy atom. The SMILES string of the molecule is CCCC(=O)Oc1ccc(N=Cc2ccc(OC)cc2)cc1. The Balaban J connectivity index is 1.97. The second-order valence-corrected chi connectivity index (χ2v) is 4.75. The molecule has 0 heterocycles.